The fourth-order valence-corrected chi connectivity index (χ4v) is 3.70. The van der Waals surface area contributed by atoms with E-state index in [0.717, 1.165) is 24.1 Å². The number of amides is 2. The summed E-state index contributed by atoms with van der Waals surface area (Å²) < 4.78 is 2.04. The summed E-state index contributed by atoms with van der Waals surface area (Å²) in [5, 5.41) is 0. The molecule has 1 aromatic carbocycles. The van der Waals surface area contributed by atoms with Crippen molar-refractivity contribution in [3.8, 4) is 0 Å². The summed E-state index contributed by atoms with van der Waals surface area (Å²) in [5.74, 6) is -0.186. The molecule has 1 atom stereocenters. The van der Waals surface area contributed by atoms with Gasteiger partial charge in [-0.3, -0.25) is 9.59 Å². The van der Waals surface area contributed by atoms with Gasteiger partial charge in [0.2, 0.25) is 11.8 Å². The van der Waals surface area contributed by atoms with Crippen molar-refractivity contribution in [1.29, 1.82) is 0 Å². The van der Waals surface area contributed by atoms with E-state index in [1.54, 1.807) is 4.90 Å². The summed E-state index contributed by atoms with van der Waals surface area (Å²) >= 11 is 0. The maximum Gasteiger partial charge on any atom is 0.242 e. The highest BCUT2D eigenvalue weighted by molar-refractivity contribution is 5.88. The number of rotatable bonds is 11. The maximum atomic E-state index is 13.4. The predicted octanol–water partition coefficient (Wildman–Crippen LogP) is 4.58. The van der Waals surface area contributed by atoms with E-state index in [4.69, 9.17) is 0 Å². The van der Waals surface area contributed by atoms with Crippen LogP contribution in [0.1, 0.15) is 64.1 Å². The Hall–Kier alpha value is -2.56. The van der Waals surface area contributed by atoms with Crippen LogP contribution in [-0.2, 0) is 23.2 Å². The Labute approximate surface area is 181 Å². The molecule has 0 aliphatic heterocycles. The number of hydrogen-bond donors (Lipinski definition) is 0. The second-order valence-electron chi connectivity index (χ2n) is 8.21. The highest BCUT2D eigenvalue weighted by Crippen LogP contribution is 2.23. The zero-order valence-electron chi connectivity index (χ0n) is 19.2. The van der Waals surface area contributed by atoms with Crippen LogP contribution in [0.4, 0.5) is 0 Å². The third-order valence-electron chi connectivity index (χ3n) is 5.66. The number of carbonyl (C=O) groups is 2. The summed E-state index contributed by atoms with van der Waals surface area (Å²) in [6.07, 6.45) is 4.68. The number of nitrogens with zero attached hydrogens (tertiary/aromatic N) is 3. The summed E-state index contributed by atoms with van der Waals surface area (Å²) in [5.41, 5.74) is 2.10. The molecule has 0 saturated heterocycles. The Balaban J connectivity index is 2.18. The van der Waals surface area contributed by atoms with Crippen LogP contribution in [-0.4, -0.2) is 45.3 Å². The highest BCUT2D eigenvalue weighted by Gasteiger charge is 2.29. The minimum atomic E-state index is -0.224. The smallest absolute Gasteiger partial charge is 0.242 e. The quantitative estimate of drug-likeness (QED) is 0.543. The fourth-order valence-electron chi connectivity index (χ4n) is 3.70. The summed E-state index contributed by atoms with van der Waals surface area (Å²) in [4.78, 5) is 30.3. The van der Waals surface area contributed by atoms with Crippen molar-refractivity contribution in [3.05, 3.63) is 59.9 Å². The molecule has 5 nitrogen and oxygen atoms in total. The lowest BCUT2D eigenvalue weighted by molar-refractivity contribution is -0.143. The van der Waals surface area contributed by atoms with Crippen molar-refractivity contribution in [1.82, 2.24) is 14.4 Å². The molecule has 0 fully saturated rings. The first-order valence-electron chi connectivity index (χ1n) is 11.1. The second kappa shape index (κ2) is 11.6. The van der Waals surface area contributed by atoms with Crippen LogP contribution in [0.5, 0.6) is 0 Å². The number of unbranched alkanes of at least 4 members (excludes halogenated alkanes) is 1. The molecule has 0 saturated carbocycles. The van der Waals surface area contributed by atoms with Crippen molar-refractivity contribution in [2.24, 2.45) is 7.05 Å². The molecule has 5 heteroatoms. The summed E-state index contributed by atoms with van der Waals surface area (Å²) in [7, 11) is 1.99. The summed E-state index contributed by atoms with van der Waals surface area (Å²) in [6.45, 7) is 9.51. The Bertz CT molecular complexity index is 798. The largest absolute Gasteiger partial charge is 0.353 e. The standard InChI is InChI=1S/C25H37N3O2/c1-6-8-17-27(18-22-15-12-16-26(22)5)24(29)19-28(20(3)4)25(30)23(7-2)21-13-10-9-11-14-21/h9-16,20,23H,6-8,17-19H2,1-5H3. The minimum absolute atomic E-state index is 0.00890. The molecule has 0 radical (unpaired) electrons. The first-order chi connectivity index (χ1) is 14.4. The Morgan fingerprint density at radius 1 is 1.03 bits per heavy atom. The lowest BCUT2D eigenvalue weighted by Crippen LogP contribution is -2.47. The first kappa shape index (κ1) is 23.7. The van der Waals surface area contributed by atoms with Gasteiger partial charge < -0.3 is 14.4 Å². The average Bonchev–Trinajstić information content (AvgIpc) is 3.14. The molecule has 2 rings (SSSR count). The number of benzene rings is 1. The number of carbonyl (C=O) groups excluding carboxylic acids is 2. The molecule has 2 aromatic rings. The molecule has 164 valence electrons. The third-order valence-corrected chi connectivity index (χ3v) is 5.66. The van der Waals surface area contributed by atoms with Gasteiger partial charge >= 0.3 is 0 Å². The Morgan fingerprint density at radius 2 is 1.73 bits per heavy atom. The van der Waals surface area contributed by atoms with Crippen molar-refractivity contribution >= 4 is 11.8 Å². The SMILES string of the molecule is CCCCN(Cc1cccn1C)C(=O)CN(C(=O)C(CC)c1ccccc1)C(C)C. The zero-order valence-corrected chi connectivity index (χ0v) is 19.2. The van der Waals surface area contributed by atoms with Gasteiger partial charge in [-0.2, -0.15) is 0 Å². The van der Waals surface area contributed by atoms with Gasteiger partial charge in [-0.1, -0.05) is 50.6 Å². The van der Waals surface area contributed by atoms with Crippen molar-refractivity contribution in [2.75, 3.05) is 13.1 Å². The van der Waals surface area contributed by atoms with Gasteiger partial charge in [0.05, 0.1) is 12.5 Å². The molecule has 0 spiro atoms. The van der Waals surface area contributed by atoms with E-state index in [-0.39, 0.29) is 30.3 Å². The van der Waals surface area contributed by atoms with Crippen LogP contribution in [0.15, 0.2) is 48.7 Å². The van der Waals surface area contributed by atoms with Crippen LogP contribution in [0.2, 0.25) is 0 Å². The molecule has 0 aliphatic carbocycles. The van der Waals surface area contributed by atoms with E-state index in [1.165, 1.54) is 0 Å². The molecule has 0 aliphatic rings. The van der Waals surface area contributed by atoms with E-state index < -0.39 is 0 Å². The highest BCUT2D eigenvalue weighted by atomic mass is 16.2. The second-order valence-corrected chi connectivity index (χ2v) is 8.21. The number of hydrogen-bond acceptors (Lipinski definition) is 2. The monoisotopic (exact) mass is 411 g/mol. The van der Waals surface area contributed by atoms with Gasteiger partial charge in [0.1, 0.15) is 6.54 Å². The van der Waals surface area contributed by atoms with E-state index >= 15 is 0 Å². The molecule has 0 bridgehead atoms. The molecule has 30 heavy (non-hydrogen) atoms. The van der Waals surface area contributed by atoms with E-state index in [9.17, 15) is 9.59 Å². The molecule has 1 heterocycles. The normalized spacial score (nSPS) is 12.1. The first-order valence-corrected chi connectivity index (χ1v) is 11.1. The van der Waals surface area contributed by atoms with Crippen molar-refractivity contribution in [2.45, 2.75) is 65.5 Å². The fraction of sp³-hybridized carbons (Fsp3) is 0.520. The van der Waals surface area contributed by atoms with Gasteiger partial charge in [-0.15, -0.1) is 0 Å². The zero-order chi connectivity index (χ0) is 22.1. The topological polar surface area (TPSA) is 45.6 Å². The van der Waals surface area contributed by atoms with E-state index in [0.29, 0.717) is 19.5 Å². The van der Waals surface area contributed by atoms with E-state index in [1.807, 2.05) is 85.9 Å². The molecule has 0 N–H and O–H groups in total. The summed E-state index contributed by atoms with van der Waals surface area (Å²) in [6, 6.07) is 13.9. The number of aromatic nitrogens is 1. The van der Waals surface area contributed by atoms with Crippen LogP contribution in [0, 0.1) is 0 Å². The molecule has 1 unspecified atom stereocenters. The predicted molar refractivity (Wildman–Crippen MR) is 122 cm³/mol. The molecule has 2 amide bonds. The lowest BCUT2D eigenvalue weighted by Gasteiger charge is -2.32. The van der Waals surface area contributed by atoms with E-state index in [2.05, 4.69) is 6.92 Å². The minimum Gasteiger partial charge on any atom is -0.353 e. The molecular formula is C25H37N3O2. The van der Waals surface area contributed by atoms with Gasteiger partial charge in [0.15, 0.2) is 0 Å². The van der Waals surface area contributed by atoms with Crippen LogP contribution < -0.4 is 0 Å². The Morgan fingerprint density at radius 3 is 2.27 bits per heavy atom. The Kier molecular flexibility index (Phi) is 9.15. The molecular weight excluding hydrogens is 374 g/mol. The third kappa shape index (κ3) is 6.22. The van der Waals surface area contributed by atoms with Crippen LogP contribution in [0.25, 0.3) is 0 Å². The van der Waals surface area contributed by atoms with Gasteiger partial charge in [0, 0.05) is 31.5 Å². The van der Waals surface area contributed by atoms with Gasteiger partial charge in [0.25, 0.3) is 0 Å². The van der Waals surface area contributed by atoms with Crippen LogP contribution >= 0.6 is 0 Å². The van der Waals surface area contributed by atoms with Gasteiger partial charge in [-0.25, -0.2) is 0 Å². The van der Waals surface area contributed by atoms with Gasteiger partial charge in [-0.05, 0) is 44.4 Å². The maximum absolute atomic E-state index is 13.4. The van der Waals surface area contributed by atoms with Crippen molar-refractivity contribution < 1.29 is 9.59 Å². The lowest BCUT2D eigenvalue weighted by atomic mass is 9.94. The van der Waals surface area contributed by atoms with Crippen LogP contribution in [0.3, 0.4) is 0 Å². The molecule has 1 aromatic heterocycles. The number of aryl methyl sites for hydroxylation is 1. The van der Waals surface area contributed by atoms with Crippen molar-refractivity contribution in [3.63, 3.8) is 0 Å². The average molecular weight is 412 g/mol.